The van der Waals surface area contributed by atoms with Gasteiger partial charge in [0, 0.05) is 13.0 Å². The summed E-state index contributed by atoms with van der Waals surface area (Å²) < 4.78 is 5.70. The highest BCUT2D eigenvalue weighted by Gasteiger charge is 2.34. The second kappa shape index (κ2) is 7.99. The van der Waals surface area contributed by atoms with E-state index in [2.05, 4.69) is 13.0 Å². The van der Waals surface area contributed by atoms with Crippen LogP contribution in [0.4, 0.5) is 0 Å². The predicted molar refractivity (Wildman–Crippen MR) is 87.4 cm³/mol. The SMILES string of the molecule is CCc1cccc(OCCN(C)C(=O)[C@H]2CC[C@@H](C(=O)O)C2)c1. The third-order valence-corrected chi connectivity index (χ3v) is 4.51. The Hall–Kier alpha value is -2.04. The summed E-state index contributed by atoms with van der Waals surface area (Å²) >= 11 is 0. The molecule has 2 atom stereocenters. The number of carbonyl (C=O) groups excluding carboxylic acids is 1. The molecule has 1 aromatic carbocycles. The van der Waals surface area contributed by atoms with Gasteiger partial charge in [0.05, 0.1) is 12.5 Å². The summed E-state index contributed by atoms with van der Waals surface area (Å²) in [5, 5.41) is 9.02. The van der Waals surface area contributed by atoms with Crippen LogP contribution < -0.4 is 4.74 Å². The lowest BCUT2D eigenvalue weighted by Gasteiger charge is -2.21. The van der Waals surface area contributed by atoms with Crippen molar-refractivity contribution in [1.82, 2.24) is 4.90 Å². The Morgan fingerprint density at radius 1 is 1.30 bits per heavy atom. The smallest absolute Gasteiger partial charge is 0.306 e. The van der Waals surface area contributed by atoms with Crippen LogP contribution in [0.5, 0.6) is 5.75 Å². The fraction of sp³-hybridized carbons (Fsp3) is 0.556. The van der Waals surface area contributed by atoms with Crippen LogP contribution in [0.2, 0.25) is 0 Å². The van der Waals surface area contributed by atoms with Crippen molar-refractivity contribution < 1.29 is 19.4 Å². The number of aliphatic carboxylic acids is 1. The van der Waals surface area contributed by atoms with Crippen molar-refractivity contribution in [2.75, 3.05) is 20.2 Å². The van der Waals surface area contributed by atoms with Gasteiger partial charge in [0.2, 0.25) is 5.91 Å². The molecule has 2 rings (SSSR count). The number of hydrogen-bond acceptors (Lipinski definition) is 3. The van der Waals surface area contributed by atoms with Gasteiger partial charge in [0.1, 0.15) is 12.4 Å². The number of benzene rings is 1. The molecule has 5 heteroatoms. The van der Waals surface area contributed by atoms with E-state index in [0.717, 1.165) is 12.2 Å². The maximum absolute atomic E-state index is 12.3. The van der Waals surface area contributed by atoms with Crippen LogP contribution in [0.3, 0.4) is 0 Å². The minimum Gasteiger partial charge on any atom is -0.492 e. The topological polar surface area (TPSA) is 66.8 Å². The van der Waals surface area contributed by atoms with Crippen LogP contribution in [0.25, 0.3) is 0 Å². The summed E-state index contributed by atoms with van der Waals surface area (Å²) in [5.74, 6) is -0.478. The van der Waals surface area contributed by atoms with Gasteiger partial charge >= 0.3 is 5.97 Å². The van der Waals surface area contributed by atoms with E-state index in [1.54, 1.807) is 11.9 Å². The monoisotopic (exact) mass is 319 g/mol. The maximum Gasteiger partial charge on any atom is 0.306 e. The van der Waals surface area contributed by atoms with Gasteiger partial charge in [0.25, 0.3) is 0 Å². The predicted octanol–water partition coefficient (Wildman–Crippen LogP) is 2.59. The number of carboxylic acids is 1. The Balaban J connectivity index is 1.77. The van der Waals surface area contributed by atoms with E-state index in [-0.39, 0.29) is 17.7 Å². The lowest BCUT2D eigenvalue weighted by molar-refractivity contribution is -0.141. The molecular formula is C18H25NO4. The minimum atomic E-state index is -0.790. The molecule has 5 nitrogen and oxygen atoms in total. The Labute approximate surface area is 137 Å². The van der Waals surface area contributed by atoms with E-state index in [1.165, 1.54) is 5.56 Å². The van der Waals surface area contributed by atoms with Crippen LogP contribution in [0.1, 0.15) is 31.7 Å². The first kappa shape index (κ1) is 17.3. The molecule has 23 heavy (non-hydrogen) atoms. The van der Waals surface area contributed by atoms with Crippen molar-refractivity contribution in [3.05, 3.63) is 29.8 Å². The molecule has 126 valence electrons. The molecule has 0 unspecified atom stereocenters. The van der Waals surface area contributed by atoms with Crippen molar-refractivity contribution in [3.63, 3.8) is 0 Å². The zero-order chi connectivity index (χ0) is 16.8. The summed E-state index contributed by atoms with van der Waals surface area (Å²) in [4.78, 5) is 25.0. The Morgan fingerprint density at radius 3 is 2.70 bits per heavy atom. The normalized spacial score (nSPS) is 20.3. The second-order valence-corrected chi connectivity index (χ2v) is 6.15. The first-order valence-corrected chi connectivity index (χ1v) is 8.20. The molecule has 1 aromatic rings. The third-order valence-electron chi connectivity index (χ3n) is 4.51. The average molecular weight is 319 g/mol. The molecule has 1 amide bonds. The van der Waals surface area contributed by atoms with E-state index in [1.807, 2.05) is 18.2 Å². The highest BCUT2D eigenvalue weighted by Crippen LogP contribution is 2.32. The molecule has 1 aliphatic carbocycles. The van der Waals surface area contributed by atoms with Gasteiger partial charge < -0.3 is 14.7 Å². The van der Waals surface area contributed by atoms with Gasteiger partial charge in [-0.25, -0.2) is 0 Å². The Morgan fingerprint density at radius 2 is 2.04 bits per heavy atom. The van der Waals surface area contributed by atoms with Crippen molar-refractivity contribution in [3.8, 4) is 5.75 Å². The van der Waals surface area contributed by atoms with Gasteiger partial charge in [-0.2, -0.15) is 0 Å². The highest BCUT2D eigenvalue weighted by atomic mass is 16.5. The average Bonchev–Trinajstić information content (AvgIpc) is 3.04. The molecule has 0 aliphatic heterocycles. The number of likely N-dealkylation sites (N-methyl/N-ethyl adjacent to an activating group) is 1. The standard InChI is InChI=1S/C18H25NO4/c1-3-13-5-4-6-16(11-13)23-10-9-19(2)17(20)14-7-8-15(12-14)18(21)22/h4-6,11,14-15H,3,7-10,12H2,1-2H3,(H,21,22)/t14-,15+/m0/s1. The van der Waals surface area contributed by atoms with Gasteiger partial charge in [-0.1, -0.05) is 19.1 Å². The second-order valence-electron chi connectivity index (χ2n) is 6.15. The first-order valence-electron chi connectivity index (χ1n) is 8.20. The zero-order valence-corrected chi connectivity index (χ0v) is 13.8. The summed E-state index contributed by atoms with van der Waals surface area (Å²) in [6.07, 6.45) is 2.68. The van der Waals surface area contributed by atoms with E-state index >= 15 is 0 Å². The Kier molecular flexibility index (Phi) is 6.02. The number of aryl methyl sites for hydroxylation is 1. The molecule has 0 aromatic heterocycles. The molecule has 0 spiro atoms. The Bertz CT molecular complexity index is 558. The molecule has 1 N–H and O–H groups in total. The number of amides is 1. The fourth-order valence-electron chi connectivity index (χ4n) is 3.01. The maximum atomic E-state index is 12.3. The number of carboxylic acid groups (broad SMARTS) is 1. The molecule has 0 saturated heterocycles. The third kappa shape index (κ3) is 4.71. The largest absolute Gasteiger partial charge is 0.492 e. The summed E-state index contributed by atoms with van der Waals surface area (Å²) in [6.45, 7) is 3.03. The quantitative estimate of drug-likeness (QED) is 0.839. The van der Waals surface area contributed by atoms with Crippen LogP contribution in [-0.2, 0) is 16.0 Å². The van der Waals surface area contributed by atoms with Crippen LogP contribution in [-0.4, -0.2) is 42.1 Å². The molecular weight excluding hydrogens is 294 g/mol. The van der Waals surface area contributed by atoms with E-state index in [9.17, 15) is 9.59 Å². The molecule has 0 radical (unpaired) electrons. The van der Waals surface area contributed by atoms with E-state index in [4.69, 9.17) is 9.84 Å². The van der Waals surface area contributed by atoms with E-state index in [0.29, 0.717) is 32.4 Å². The summed E-state index contributed by atoms with van der Waals surface area (Å²) in [7, 11) is 1.75. The van der Waals surface area contributed by atoms with E-state index < -0.39 is 5.97 Å². The number of nitrogens with zero attached hydrogens (tertiary/aromatic N) is 1. The number of hydrogen-bond donors (Lipinski definition) is 1. The van der Waals surface area contributed by atoms with Crippen molar-refractivity contribution >= 4 is 11.9 Å². The highest BCUT2D eigenvalue weighted by molar-refractivity contribution is 5.80. The van der Waals surface area contributed by atoms with Crippen molar-refractivity contribution in [2.45, 2.75) is 32.6 Å². The lowest BCUT2D eigenvalue weighted by atomic mass is 10.0. The number of ether oxygens (including phenoxy) is 1. The molecule has 0 bridgehead atoms. The first-order chi connectivity index (χ1) is 11.0. The zero-order valence-electron chi connectivity index (χ0n) is 13.8. The fourth-order valence-corrected chi connectivity index (χ4v) is 3.01. The molecule has 0 heterocycles. The van der Waals surface area contributed by atoms with Gasteiger partial charge in [-0.15, -0.1) is 0 Å². The van der Waals surface area contributed by atoms with Gasteiger partial charge in [-0.3, -0.25) is 9.59 Å². The lowest BCUT2D eigenvalue weighted by Crippen LogP contribution is -2.35. The van der Waals surface area contributed by atoms with Crippen molar-refractivity contribution in [2.24, 2.45) is 11.8 Å². The summed E-state index contributed by atoms with van der Waals surface area (Å²) in [5.41, 5.74) is 1.22. The van der Waals surface area contributed by atoms with Crippen LogP contribution in [0, 0.1) is 11.8 Å². The van der Waals surface area contributed by atoms with Crippen LogP contribution in [0.15, 0.2) is 24.3 Å². The van der Waals surface area contributed by atoms with Crippen LogP contribution >= 0.6 is 0 Å². The molecule has 1 aliphatic rings. The number of carbonyl (C=O) groups is 2. The number of rotatable bonds is 7. The summed E-state index contributed by atoms with van der Waals surface area (Å²) in [6, 6.07) is 7.95. The van der Waals surface area contributed by atoms with Gasteiger partial charge in [-0.05, 0) is 43.4 Å². The molecule has 1 saturated carbocycles. The minimum absolute atomic E-state index is 0.0275. The van der Waals surface area contributed by atoms with Gasteiger partial charge in [0.15, 0.2) is 0 Å². The molecule has 1 fully saturated rings. The van der Waals surface area contributed by atoms with Crippen molar-refractivity contribution in [1.29, 1.82) is 0 Å².